The van der Waals surface area contributed by atoms with E-state index < -0.39 is 0 Å². The first-order valence-corrected chi connectivity index (χ1v) is 7.39. The van der Waals surface area contributed by atoms with Crippen LogP contribution >= 0.6 is 11.6 Å². The van der Waals surface area contributed by atoms with E-state index in [0.29, 0.717) is 23.0 Å². The Labute approximate surface area is 121 Å². The van der Waals surface area contributed by atoms with Gasteiger partial charge in [-0.2, -0.15) is 0 Å². The monoisotopic (exact) mass is 285 g/mol. The minimum absolute atomic E-state index is 0.0473. The lowest BCUT2D eigenvalue weighted by atomic mass is 9.80. The summed E-state index contributed by atoms with van der Waals surface area (Å²) in [5.74, 6) is -0.161. The summed E-state index contributed by atoms with van der Waals surface area (Å²) in [6.07, 6.45) is 2.85. The van der Waals surface area contributed by atoms with E-state index in [2.05, 4.69) is 33.0 Å². The van der Waals surface area contributed by atoms with Crippen LogP contribution < -0.4 is 5.32 Å². The maximum atomic E-state index is 13.8. The highest BCUT2D eigenvalue weighted by Gasteiger charge is 2.23. The van der Waals surface area contributed by atoms with Crippen molar-refractivity contribution in [2.75, 3.05) is 6.54 Å². The van der Waals surface area contributed by atoms with E-state index in [0.717, 1.165) is 19.4 Å². The Morgan fingerprint density at radius 3 is 2.68 bits per heavy atom. The van der Waals surface area contributed by atoms with Crippen LogP contribution in [-0.4, -0.2) is 12.6 Å². The van der Waals surface area contributed by atoms with Gasteiger partial charge in [0.1, 0.15) is 5.82 Å². The van der Waals surface area contributed by atoms with Crippen molar-refractivity contribution in [3.8, 4) is 0 Å². The fourth-order valence-electron chi connectivity index (χ4n) is 2.56. The molecule has 0 bridgehead atoms. The van der Waals surface area contributed by atoms with E-state index in [9.17, 15) is 4.39 Å². The molecule has 1 aromatic carbocycles. The minimum atomic E-state index is -0.161. The third kappa shape index (κ3) is 5.92. The van der Waals surface area contributed by atoms with Crippen LogP contribution in [-0.2, 0) is 6.42 Å². The molecule has 1 unspecified atom stereocenters. The predicted molar refractivity (Wildman–Crippen MR) is 81.3 cm³/mol. The second-order valence-electron chi connectivity index (χ2n) is 6.14. The van der Waals surface area contributed by atoms with Crippen LogP contribution in [0.5, 0.6) is 0 Å². The second-order valence-corrected chi connectivity index (χ2v) is 6.57. The first kappa shape index (κ1) is 16.5. The molecule has 0 aliphatic carbocycles. The van der Waals surface area contributed by atoms with Crippen molar-refractivity contribution in [3.63, 3.8) is 0 Å². The van der Waals surface area contributed by atoms with Gasteiger partial charge in [-0.15, -0.1) is 0 Å². The van der Waals surface area contributed by atoms with Crippen molar-refractivity contribution in [2.45, 2.75) is 53.0 Å². The first-order valence-electron chi connectivity index (χ1n) is 7.01. The molecule has 0 aliphatic heterocycles. The van der Waals surface area contributed by atoms with Gasteiger partial charge in [0.15, 0.2) is 0 Å². The van der Waals surface area contributed by atoms with Gasteiger partial charge in [0.05, 0.1) is 0 Å². The Balaban J connectivity index is 2.65. The lowest BCUT2D eigenvalue weighted by Gasteiger charge is -2.29. The molecule has 0 spiro atoms. The second kappa shape index (κ2) is 7.25. The van der Waals surface area contributed by atoms with Gasteiger partial charge in [0.2, 0.25) is 0 Å². The molecule has 0 radical (unpaired) electrons. The van der Waals surface area contributed by atoms with Crippen molar-refractivity contribution in [3.05, 3.63) is 34.6 Å². The molecule has 19 heavy (non-hydrogen) atoms. The summed E-state index contributed by atoms with van der Waals surface area (Å²) in [6, 6.07) is 5.23. The van der Waals surface area contributed by atoms with Gasteiger partial charge in [0.25, 0.3) is 0 Å². The zero-order chi connectivity index (χ0) is 14.5. The quantitative estimate of drug-likeness (QED) is 0.757. The van der Waals surface area contributed by atoms with Gasteiger partial charge in [-0.05, 0) is 61.9 Å². The summed E-state index contributed by atoms with van der Waals surface area (Å²) in [5, 5.41) is 4.08. The first-order chi connectivity index (χ1) is 8.84. The summed E-state index contributed by atoms with van der Waals surface area (Å²) in [4.78, 5) is 0. The molecule has 0 heterocycles. The van der Waals surface area contributed by atoms with Crippen LogP contribution in [0.2, 0.25) is 5.02 Å². The molecule has 1 atom stereocenters. The number of hydrogen-bond acceptors (Lipinski definition) is 1. The van der Waals surface area contributed by atoms with Crippen LogP contribution in [0, 0.1) is 11.2 Å². The Bertz CT molecular complexity index is 404. The zero-order valence-electron chi connectivity index (χ0n) is 12.4. The molecule has 1 nitrogen and oxygen atoms in total. The molecule has 0 aliphatic rings. The Hall–Kier alpha value is -0.600. The maximum absolute atomic E-state index is 13.8. The van der Waals surface area contributed by atoms with Gasteiger partial charge in [0, 0.05) is 11.1 Å². The van der Waals surface area contributed by atoms with Gasteiger partial charge in [-0.25, -0.2) is 4.39 Å². The predicted octanol–water partition coefficient (Wildman–Crippen LogP) is 4.83. The number of benzene rings is 1. The molecule has 1 N–H and O–H groups in total. The van der Waals surface area contributed by atoms with E-state index in [1.54, 1.807) is 12.1 Å². The van der Waals surface area contributed by atoms with Crippen molar-refractivity contribution in [1.29, 1.82) is 0 Å². The summed E-state index contributed by atoms with van der Waals surface area (Å²) < 4.78 is 13.8. The number of rotatable bonds is 7. The van der Waals surface area contributed by atoms with Gasteiger partial charge in [-0.1, -0.05) is 32.4 Å². The molecule has 3 heteroatoms. The molecular weight excluding hydrogens is 261 g/mol. The molecule has 0 aromatic heterocycles. The fraction of sp³-hybridized carbons (Fsp3) is 0.625. The summed E-state index contributed by atoms with van der Waals surface area (Å²) in [6.45, 7) is 9.73. The minimum Gasteiger partial charge on any atom is -0.314 e. The van der Waals surface area contributed by atoms with Crippen molar-refractivity contribution in [2.24, 2.45) is 5.41 Å². The third-order valence-electron chi connectivity index (χ3n) is 3.28. The standard InChI is InChI=1S/C16H25ClFN/c1-5-8-19-12(2)10-16(3,4)11-13-9-14(17)6-7-15(13)18/h6-7,9,12,19H,5,8,10-11H2,1-4H3. The van der Waals surface area contributed by atoms with E-state index in [4.69, 9.17) is 11.6 Å². The summed E-state index contributed by atoms with van der Waals surface area (Å²) in [7, 11) is 0. The number of nitrogens with one attached hydrogen (secondary N) is 1. The molecule has 0 saturated carbocycles. The maximum Gasteiger partial charge on any atom is 0.126 e. The Kier molecular flexibility index (Phi) is 6.28. The largest absolute Gasteiger partial charge is 0.314 e. The molecule has 0 amide bonds. The van der Waals surface area contributed by atoms with Gasteiger partial charge in [-0.3, -0.25) is 0 Å². The van der Waals surface area contributed by atoms with E-state index in [1.807, 2.05) is 0 Å². The average Bonchev–Trinajstić information content (AvgIpc) is 2.30. The molecule has 1 rings (SSSR count). The molecular formula is C16H25ClFN. The molecule has 108 valence electrons. The van der Waals surface area contributed by atoms with Crippen LogP contribution in [0.3, 0.4) is 0 Å². The lowest BCUT2D eigenvalue weighted by molar-refractivity contribution is 0.284. The van der Waals surface area contributed by atoms with Crippen LogP contribution in [0.4, 0.5) is 4.39 Å². The van der Waals surface area contributed by atoms with E-state index in [-0.39, 0.29) is 11.2 Å². The summed E-state index contributed by atoms with van der Waals surface area (Å²) >= 11 is 5.94. The van der Waals surface area contributed by atoms with Gasteiger partial charge < -0.3 is 5.32 Å². The summed E-state index contributed by atoms with van der Waals surface area (Å²) in [5.41, 5.74) is 0.756. The smallest absolute Gasteiger partial charge is 0.126 e. The Morgan fingerprint density at radius 1 is 1.37 bits per heavy atom. The van der Waals surface area contributed by atoms with Crippen molar-refractivity contribution < 1.29 is 4.39 Å². The number of hydrogen-bond donors (Lipinski definition) is 1. The van der Waals surface area contributed by atoms with Crippen molar-refractivity contribution >= 4 is 11.6 Å². The van der Waals surface area contributed by atoms with Crippen LogP contribution in [0.1, 0.15) is 46.1 Å². The Morgan fingerprint density at radius 2 is 2.05 bits per heavy atom. The van der Waals surface area contributed by atoms with E-state index in [1.165, 1.54) is 6.07 Å². The fourth-order valence-corrected chi connectivity index (χ4v) is 2.75. The lowest BCUT2D eigenvalue weighted by Crippen LogP contribution is -2.32. The van der Waals surface area contributed by atoms with Crippen LogP contribution in [0.25, 0.3) is 0 Å². The number of halogens is 2. The highest BCUT2D eigenvalue weighted by atomic mass is 35.5. The molecule has 0 saturated heterocycles. The zero-order valence-corrected chi connectivity index (χ0v) is 13.1. The third-order valence-corrected chi connectivity index (χ3v) is 3.51. The normalized spacial score (nSPS) is 13.6. The topological polar surface area (TPSA) is 12.0 Å². The molecule has 0 fully saturated rings. The molecule has 1 aromatic rings. The SMILES string of the molecule is CCCNC(C)CC(C)(C)Cc1cc(Cl)ccc1F. The van der Waals surface area contributed by atoms with E-state index >= 15 is 0 Å². The highest BCUT2D eigenvalue weighted by Crippen LogP contribution is 2.29. The van der Waals surface area contributed by atoms with Crippen LogP contribution in [0.15, 0.2) is 18.2 Å². The van der Waals surface area contributed by atoms with Crippen molar-refractivity contribution in [1.82, 2.24) is 5.32 Å². The average molecular weight is 286 g/mol. The highest BCUT2D eigenvalue weighted by molar-refractivity contribution is 6.30. The van der Waals surface area contributed by atoms with Gasteiger partial charge >= 0.3 is 0 Å².